The highest BCUT2D eigenvalue weighted by Gasteiger charge is 2.32. The zero-order valence-electron chi connectivity index (χ0n) is 15.1. The van der Waals surface area contributed by atoms with Crippen LogP contribution in [0.25, 0.3) is 0 Å². The lowest BCUT2D eigenvalue weighted by molar-refractivity contribution is 0.348. The maximum Gasteiger partial charge on any atom is 0.245 e. The van der Waals surface area contributed by atoms with E-state index in [1.165, 1.54) is 0 Å². The van der Waals surface area contributed by atoms with Crippen molar-refractivity contribution in [3.63, 3.8) is 0 Å². The fraction of sp³-hybridized carbons (Fsp3) is 0.474. The van der Waals surface area contributed by atoms with Gasteiger partial charge in [-0.1, -0.05) is 30.3 Å². The SMILES string of the molecule is CNCc1cc(S(=O)(=O)N(Cc2ccccc2)C(C)C)cn1C1CC1. The summed E-state index contributed by atoms with van der Waals surface area (Å²) in [6, 6.07) is 11.9. The number of hydrogen-bond donors (Lipinski definition) is 1. The van der Waals surface area contributed by atoms with Gasteiger partial charge in [-0.15, -0.1) is 0 Å². The molecule has 0 saturated heterocycles. The van der Waals surface area contributed by atoms with E-state index in [2.05, 4.69) is 9.88 Å². The fourth-order valence-corrected chi connectivity index (χ4v) is 4.77. The topological polar surface area (TPSA) is 54.3 Å². The molecule has 3 rings (SSSR count). The zero-order valence-corrected chi connectivity index (χ0v) is 16.0. The lowest BCUT2D eigenvalue weighted by atomic mass is 10.2. The fourth-order valence-electron chi connectivity index (χ4n) is 3.10. The Labute approximate surface area is 150 Å². The second kappa shape index (κ2) is 7.32. The third-order valence-electron chi connectivity index (χ3n) is 4.57. The van der Waals surface area contributed by atoms with Crippen molar-refractivity contribution < 1.29 is 8.42 Å². The first-order valence-corrected chi connectivity index (χ1v) is 10.3. The van der Waals surface area contributed by atoms with Crippen molar-refractivity contribution in [1.29, 1.82) is 0 Å². The van der Waals surface area contributed by atoms with E-state index in [0.717, 1.165) is 24.1 Å². The molecule has 0 radical (unpaired) electrons. The summed E-state index contributed by atoms with van der Waals surface area (Å²) in [6.45, 7) is 4.91. The molecule has 2 aromatic rings. The van der Waals surface area contributed by atoms with Crippen molar-refractivity contribution in [2.45, 2.75) is 56.8 Å². The molecule has 1 heterocycles. The Hall–Kier alpha value is -1.63. The Morgan fingerprint density at radius 3 is 2.48 bits per heavy atom. The van der Waals surface area contributed by atoms with Gasteiger partial charge in [0.25, 0.3) is 0 Å². The monoisotopic (exact) mass is 361 g/mol. The van der Waals surface area contributed by atoms with Crippen molar-refractivity contribution >= 4 is 10.0 Å². The molecule has 0 bridgehead atoms. The average Bonchev–Trinajstić information content (AvgIpc) is 3.34. The summed E-state index contributed by atoms with van der Waals surface area (Å²) in [6.07, 6.45) is 4.08. The first kappa shape index (κ1) is 18.2. The van der Waals surface area contributed by atoms with Gasteiger partial charge in [0.1, 0.15) is 4.90 Å². The van der Waals surface area contributed by atoms with Gasteiger partial charge < -0.3 is 9.88 Å². The van der Waals surface area contributed by atoms with Crippen LogP contribution in [-0.2, 0) is 23.1 Å². The Morgan fingerprint density at radius 1 is 1.24 bits per heavy atom. The van der Waals surface area contributed by atoms with Gasteiger partial charge in [-0.3, -0.25) is 0 Å². The highest BCUT2D eigenvalue weighted by molar-refractivity contribution is 7.89. The van der Waals surface area contributed by atoms with Gasteiger partial charge in [0.2, 0.25) is 10.0 Å². The first-order valence-electron chi connectivity index (χ1n) is 8.84. The Bertz CT molecular complexity index is 808. The lowest BCUT2D eigenvalue weighted by Crippen LogP contribution is -2.36. The minimum Gasteiger partial charge on any atom is -0.346 e. The molecule has 0 aliphatic heterocycles. The Morgan fingerprint density at radius 2 is 1.92 bits per heavy atom. The Kier molecular flexibility index (Phi) is 5.32. The van der Waals surface area contributed by atoms with E-state index in [9.17, 15) is 8.42 Å². The minimum absolute atomic E-state index is 0.109. The van der Waals surface area contributed by atoms with E-state index in [1.54, 1.807) is 4.31 Å². The summed E-state index contributed by atoms with van der Waals surface area (Å²) >= 11 is 0. The molecule has 6 heteroatoms. The third-order valence-corrected chi connectivity index (χ3v) is 6.56. The summed E-state index contributed by atoms with van der Waals surface area (Å²) in [5, 5.41) is 3.13. The molecule has 1 aliphatic rings. The molecule has 25 heavy (non-hydrogen) atoms. The van der Waals surface area contributed by atoms with Crippen LogP contribution in [0.4, 0.5) is 0 Å². The van der Waals surface area contributed by atoms with Crippen LogP contribution < -0.4 is 5.32 Å². The number of rotatable bonds is 8. The lowest BCUT2D eigenvalue weighted by Gasteiger charge is -2.25. The van der Waals surface area contributed by atoms with E-state index in [0.29, 0.717) is 24.0 Å². The molecular formula is C19H27N3O2S. The number of nitrogens with zero attached hydrogens (tertiary/aromatic N) is 2. The summed E-state index contributed by atoms with van der Waals surface area (Å²) < 4.78 is 30.3. The van der Waals surface area contributed by atoms with E-state index >= 15 is 0 Å². The van der Waals surface area contributed by atoms with E-state index < -0.39 is 10.0 Å². The van der Waals surface area contributed by atoms with Crippen LogP contribution in [0.2, 0.25) is 0 Å². The predicted molar refractivity (Wildman–Crippen MR) is 99.8 cm³/mol. The highest BCUT2D eigenvalue weighted by atomic mass is 32.2. The van der Waals surface area contributed by atoms with Gasteiger partial charge >= 0.3 is 0 Å². The standard InChI is InChI=1S/C19H27N3O2S/c1-15(2)22(13-16-7-5-4-6-8-16)25(23,24)19-11-18(12-20-3)21(14-19)17-9-10-17/h4-8,11,14-15,17,20H,9-10,12-13H2,1-3H3. The highest BCUT2D eigenvalue weighted by Crippen LogP contribution is 2.37. The van der Waals surface area contributed by atoms with Crippen LogP contribution in [0, 0.1) is 0 Å². The molecule has 1 saturated carbocycles. The molecule has 1 aliphatic carbocycles. The van der Waals surface area contributed by atoms with Gasteiger partial charge in [0.15, 0.2) is 0 Å². The molecule has 0 spiro atoms. The molecule has 1 aromatic carbocycles. The molecule has 1 fully saturated rings. The molecule has 5 nitrogen and oxygen atoms in total. The summed E-state index contributed by atoms with van der Waals surface area (Å²) in [5.74, 6) is 0. The molecule has 1 aromatic heterocycles. The maximum absolute atomic E-state index is 13.3. The maximum atomic E-state index is 13.3. The number of nitrogens with one attached hydrogen (secondary N) is 1. The summed E-state index contributed by atoms with van der Waals surface area (Å²) in [7, 11) is -1.66. The molecule has 0 atom stereocenters. The second-order valence-electron chi connectivity index (χ2n) is 6.97. The van der Waals surface area contributed by atoms with Gasteiger partial charge in [0, 0.05) is 37.1 Å². The second-order valence-corrected chi connectivity index (χ2v) is 8.86. The van der Waals surface area contributed by atoms with Gasteiger partial charge in [-0.05, 0) is 45.4 Å². The van der Waals surface area contributed by atoms with Crippen molar-refractivity contribution in [3.05, 3.63) is 53.9 Å². The molecule has 136 valence electrons. The predicted octanol–water partition coefficient (Wildman–Crippen LogP) is 3.14. The number of hydrogen-bond acceptors (Lipinski definition) is 3. The minimum atomic E-state index is -3.54. The normalized spacial score (nSPS) is 15.2. The number of sulfonamides is 1. The van der Waals surface area contributed by atoms with Crippen LogP contribution >= 0.6 is 0 Å². The van der Waals surface area contributed by atoms with Crippen molar-refractivity contribution in [3.8, 4) is 0 Å². The van der Waals surface area contributed by atoms with Gasteiger partial charge in [0.05, 0.1) is 0 Å². The first-order chi connectivity index (χ1) is 11.9. The largest absolute Gasteiger partial charge is 0.346 e. The van der Waals surface area contributed by atoms with Crippen molar-refractivity contribution in [2.24, 2.45) is 0 Å². The molecule has 0 amide bonds. The number of aromatic nitrogens is 1. The van der Waals surface area contributed by atoms with E-state index in [1.807, 2.05) is 63.5 Å². The zero-order chi connectivity index (χ0) is 18.0. The smallest absolute Gasteiger partial charge is 0.245 e. The van der Waals surface area contributed by atoms with Gasteiger partial charge in [-0.25, -0.2) is 8.42 Å². The average molecular weight is 362 g/mol. The molecular weight excluding hydrogens is 334 g/mol. The van der Waals surface area contributed by atoms with Crippen LogP contribution in [-0.4, -0.2) is 30.4 Å². The van der Waals surface area contributed by atoms with Crippen LogP contribution in [0.15, 0.2) is 47.5 Å². The van der Waals surface area contributed by atoms with Crippen LogP contribution in [0.3, 0.4) is 0 Å². The molecule has 0 unspecified atom stereocenters. The van der Waals surface area contributed by atoms with Crippen molar-refractivity contribution in [1.82, 2.24) is 14.2 Å². The van der Waals surface area contributed by atoms with E-state index in [-0.39, 0.29) is 6.04 Å². The number of benzene rings is 1. The quantitative estimate of drug-likeness (QED) is 0.786. The van der Waals surface area contributed by atoms with Crippen LogP contribution in [0.5, 0.6) is 0 Å². The van der Waals surface area contributed by atoms with Crippen LogP contribution in [0.1, 0.15) is 44.0 Å². The third kappa shape index (κ3) is 3.97. The molecule has 1 N–H and O–H groups in total. The van der Waals surface area contributed by atoms with Crippen molar-refractivity contribution in [2.75, 3.05) is 7.05 Å². The van der Waals surface area contributed by atoms with E-state index in [4.69, 9.17) is 0 Å². The Balaban J connectivity index is 1.93. The summed E-state index contributed by atoms with van der Waals surface area (Å²) in [4.78, 5) is 0.397. The summed E-state index contributed by atoms with van der Waals surface area (Å²) in [5.41, 5.74) is 2.03. The van der Waals surface area contributed by atoms with Gasteiger partial charge in [-0.2, -0.15) is 4.31 Å².